The second-order valence-corrected chi connectivity index (χ2v) is 3.24. The topological polar surface area (TPSA) is 0 Å². The van der Waals surface area contributed by atoms with Gasteiger partial charge >= 0.3 is 0 Å². The van der Waals surface area contributed by atoms with Gasteiger partial charge in [-0.25, -0.2) is 0 Å². The lowest BCUT2D eigenvalue weighted by molar-refractivity contribution is 0.610. The molecule has 68 valence electrons. The average Bonchev–Trinajstić information content (AvgIpc) is 2.06. The number of hydrogen-bond donors (Lipinski definition) is 0. The van der Waals surface area contributed by atoms with Gasteiger partial charge in [0.1, 0.15) is 0 Å². The van der Waals surface area contributed by atoms with Crippen LogP contribution in [-0.2, 0) is 0 Å². The lowest BCUT2D eigenvalue weighted by atomic mass is 9.92. The van der Waals surface area contributed by atoms with Crippen LogP contribution < -0.4 is 0 Å². The number of allylic oxidation sites excluding steroid dienone is 4. The summed E-state index contributed by atoms with van der Waals surface area (Å²) in [5.41, 5.74) is 2.60. The Morgan fingerprint density at radius 3 is 2.25 bits per heavy atom. The lowest BCUT2D eigenvalue weighted by Gasteiger charge is -2.13. The molecule has 0 aromatic rings. The van der Waals surface area contributed by atoms with Crippen LogP contribution >= 0.6 is 0 Å². The maximum Gasteiger partial charge on any atom is -0.0188 e. The van der Waals surface area contributed by atoms with Gasteiger partial charge in [-0.3, -0.25) is 0 Å². The first-order valence-electron chi connectivity index (χ1n) is 4.63. The van der Waals surface area contributed by atoms with Gasteiger partial charge in [-0.1, -0.05) is 45.6 Å². The number of hydrogen-bond acceptors (Lipinski definition) is 0. The van der Waals surface area contributed by atoms with Crippen LogP contribution in [0.5, 0.6) is 0 Å². The summed E-state index contributed by atoms with van der Waals surface area (Å²) in [5.74, 6) is 0.616. The zero-order valence-corrected chi connectivity index (χ0v) is 8.56. The second-order valence-electron chi connectivity index (χ2n) is 3.24. The minimum atomic E-state index is 0.616. The summed E-state index contributed by atoms with van der Waals surface area (Å²) in [6.07, 6.45) is 6.32. The van der Waals surface area contributed by atoms with Crippen molar-refractivity contribution in [3.05, 3.63) is 36.5 Å². The van der Waals surface area contributed by atoms with E-state index in [4.69, 9.17) is 0 Å². The van der Waals surface area contributed by atoms with E-state index in [9.17, 15) is 0 Å². The van der Waals surface area contributed by atoms with Gasteiger partial charge in [-0.05, 0) is 30.4 Å². The van der Waals surface area contributed by atoms with Gasteiger partial charge in [-0.2, -0.15) is 0 Å². The smallest absolute Gasteiger partial charge is 0.0188 e. The van der Waals surface area contributed by atoms with E-state index in [0.29, 0.717) is 5.92 Å². The third-order valence-corrected chi connectivity index (χ3v) is 2.23. The molecule has 0 nitrogen and oxygen atoms in total. The van der Waals surface area contributed by atoms with Crippen LogP contribution in [0.25, 0.3) is 0 Å². The normalized spacial score (nSPS) is 14.9. The first kappa shape index (κ1) is 11.2. The molecule has 1 unspecified atom stereocenters. The third-order valence-electron chi connectivity index (χ3n) is 2.23. The summed E-state index contributed by atoms with van der Waals surface area (Å²) in [7, 11) is 0. The van der Waals surface area contributed by atoms with Crippen LogP contribution in [0.3, 0.4) is 0 Å². The fourth-order valence-corrected chi connectivity index (χ4v) is 1.46. The summed E-state index contributed by atoms with van der Waals surface area (Å²) in [4.78, 5) is 0. The molecule has 0 aliphatic rings. The SMILES string of the molecule is C=C/C(C)=C(\C=C)C(C)CCC. The van der Waals surface area contributed by atoms with Crippen molar-refractivity contribution in [1.29, 1.82) is 0 Å². The highest BCUT2D eigenvalue weighted by Gasteiger charge is 2.05. The molecule has 0 aliphatic heterocycles. The van der Waals surface area contributed by atoms with Crippen molar-refractivity contribution in [2.45, 2.75) is 33.6 Å². The predicted molar refractivity (Wildman–Crippen MR) is 57.2 cm³/mol. The summed E-state index contributed by atoms with van der Waals surface area (Å²) in [5, 5.41) is 0. The molecule has 0 fully saturated rings. The monoisotopic (exact) mass is 164 g/mol. The molecular formula is C12H20. The van der Waals surface area contributed by atoms with Crippen LogP contribution in [0.2, 0.25) is 0 Å². The van der Waals surface area contributed by atoms with E-state index < -0.39 is 0 Å². The van der Waals surface area contributed by atoms with E-state index in [2.05, 4.69) is 33.9 Å². The van der Waals surface area contributed by atoms with Crippen molar-refractivity contribution in [3.63, 3.8) is 0 Å². The van der Waals surface area contributed by atoms with Crippen LogP contribution in [-0.4, -0.2) is 0 Å². The van der Waals surface area contributed by atoms with Crippen LogP contribution in [0.15, 0.2) is 36.5 Å². The van der Waals surface area contributed by atoms with Crippen LogP contribution in [0, 0.1) is 5.92 Å². The molecule has 0 radical (unpaired) electrons. The molecule has 1 atom stereocenters. The van der Waals surface area contributed by atoms with E-state index in [1.54, 1.807) is 0 Å². The van der Waals surface area contributed by atoms with E-state index in [0.717, 1.165) is 0 Å². The molecule has 0 rings (SSSR count). The Hall–Kier alpha value is -0.780. The molecule has 0 amide bonds. The van der Waals surface area contributed by atoms with Gasteiger partial charge < -0.3 is 0 Å². The van der Waals surface area contributed by atoms with Crippen molar-refractivity contribution >= 4 is 0 Å². The van der Waals surface area contributed by atoms with Crippen molar-refractivity contribution < 1.29 is 0 Å². The van der Waals surface area contributed by atoms with E-state index in [1.165, 1.54) is 24.0 Å². The summed E-state index contributed by atoms with van der Waals surface area (Å²) in [6.45, 7) is 14.1. The van der Waals surface area contributed by atoms with Gasteiger partial charge in [0.05, 0.1) is 0 Å². The Morgan fingerprint density at radius 2 is 1.92 bits per heavy atom. The molecule has 0 saturated heterocycles. The molecule has 0 aromatic carbocycles. The zero-order chi connectivity index (χ0) is 9.56. The highest BCUT2D eigenvalue weighted by atomic mass is 14.1. The highest BCUT2D eigenvalue weighted by molar-refractivity contribution is 5.31. The Labute approximate surface area is 76.7 Å². The molecule has 12 heavy (non-hydrogen) atoms. The maximum absolute atomic E-state index is 3.83. The average molecular weight is 164 g/mol. The number of rotatable bonds is 5. The Kier molecular flexibility index (Phi) is 5.44. The lowest BCUT2D eigenvalue weighted by Crippen LogP contribution is -1.98. The fourth-order valence-electron chi connectivity index (χ4n) is 1.46. The van der Waals surface area contributed by atoms with E-state index >= 15 is 0 Å². The first-order chi connectivity index (χ1) is 5.67. The summed E-state index contributed by atoms with van der Waals surface area (Å²) in [6, 6.07) is 0. The van der Waals surface area contributed by atoms with Crippen LogP contribution in [0.1, 0.15) is 33.6 Å². The largest absolute Gasteiger partial charge is 0.0988 e. The molecule has 0 bridgehead atoms. The van der Waals surface area contributed by atoms with Gasteiger partial charge in [-0.15, -0.1) is 0 Å². The standard InChI is InChI=1S/C12H20/c1-6-9-11(5)12(8-3)10(4)7-2/h7-8,11H,2-3,6,9H2,1,4-5H3/b12-10+. The fraction of sp³-hybridized carbons (Fsp3) is 0.500. The molecule has 0 saturated carbocycles. The van der Waals surface area contributed by atoms with E-state index in [1.807, 2.05) is 12.2 Å². The summed E-state index contributed by atoms with van der Waals surface area (Å²) < 4.78 is 0. The van der Waals surface area contributed by atoms with Gasteiger partial charge in [0.25, 0.3) is 0 Å². The molecule has 0 heterocycles. The quantitative estimate of drug-likeness (QED) is 0.536. The Balaban J connectivity index is 4.53. The van der Waals surface area contributed by atoms with Crippen molar-refractivity contribution in [3.8, 4) is 0 Å². The van der Waals surface area contributed by atoms with Gasteiger partial charge in [0.15, 0.2) is 0 Å². The molecular weight excluding hydrogens is 144 g/mol. The van der Waals surface area contributed by atoms with Crippen molar-refractivity contribution in [2.24, 2.45) is 5.92 Å². The minimum absolute atomic E-state index is 0.616. The van der Waals surface area contributed by atoms with Gasteiger partial charge in [0.2, 0.25) is 0 Å². The molecule has 0 aromatic heterocycles. The van der Waals surface area contributed by atoms with Crippen molar-refractivity contribution in [2.75, 3.05) is 0 Å². The summed E-state index contributed by atoms with van der Waals surface area (Å²) >= 11 is 0. The minimum Gasteiger partial charge on any atom is -0.0988 e. The zero-order valence-electron chi connectivity index (χ0n) is 8.56. The van der Waals surface area contributed by atoms with Gasteiger partial charge in [0, 0.05) is 0 Å². The molecule has 0 aliphatic carbocycles. The molecule has 0 N–H and O–H groups in total. The maximum atomic E-state index is 3.83. The first-order valence-corrected chi connectivity index (χ1v) is 4.63. The Morgan fingerprint density at radius 1 is 1.33 bits per heavy atom. The highest BCUT2D eigenvalue weighted by Crippen LogP contribution is 2.21. The Bertz CT molecular complexity index is 184. The second kappa shape index (κ2) is 5.82. The van der Waals surface area contributed by atoms with Crippen LogP contribution in [0.4, 0.5) is 0 Å². The molecule has 0 heteroatoms. The van der Waals surface area contributed by atoms with Crippen molar-refractivity contribution in [1.82, 2.24) is 0 Å². The predicted octanol–water partition coefficient (Wildman–Crippen LogP) is 4.11. The molecule has 0 spiro atoms. The third kappa shape index (κ3) is 3.08. The van der Waals surface area contributed by atoms with E-state index in [-0.39, 0.29) is 0 Å².